The van der Waals surface area contributed by atoms with Gasteiger partial charge in [0.05, 0.1) is 0 Å². The van der Waals surface area contributed by atoms with Crippen molar-refractivity contribution in [1.29, 1.82) is 0 Å². The molecule has 5 rings (SSSR count). The number of aromatic nitrogens is 4. The number of H-pyrrole nitrogens is 1. The van der Waals surface area contributed by atoms with E-state index in [1.807, 2.05) is 24.3 Å². The van der Waals surface area contributed by atoms with Crippen LogP contribution in [-0.2, 0) is 4.79 Å². The van der Waals surface area contributed by atoms with Crippen LogP contribution >= 0.6 is 11.6 Å². The number of carbonyl (C=O) groups excluding carboxylic acids is 1. The van der Waals surface area contributed by atoms with E-state index in [1.54, 1.807) is 18.2 Å². The van der Waals surface area contributed by atoms with Crippen molar-refractivity contribution in [3.63, 3.8) is 0 Å². The summed E-state index contributed by atoms with van der Waals surface area (Å²) in [5.41, 5.74) is 3.41. The Bertz CT molecular complexity index is 1340. The number of nitrogens with zero attached hydrogens (tertiary/aromatic N) is 3. The fourth-order valence-corrected chi connectivity index (χ4v) is 4.09. The van der Waals surface area contributed by atoms with Crippen molar-refractivity contribution in [2.24, 2.45) is 5.92 Å². The number of benzene rings is 3. The van der Waals surface area contributed by atoms with Crippen molar-refractivity contribution in [3.8, 4) is 28.3 Å². The molecule has 11 heteroatoms. The zero-order valence-electron chi connectivity index (χ0n) is 17.9. The summed E-state index contributed by atoms with van der Waals surface area (Å²) >= 11 is 5.94. The van der Waals surface area contributed by atoms with Crippen molar-refractivity contribution in [2.75, 3.05) is 5.32 Å². The van der Waals surface area contributed by atoms with Gasteiger partial charge >= 0.3 is 6.36 Å². The highest BCUT2D eigenvalue weighted by Crippen LogP contribution is 2.48. The Balaban J connectivity index is 1.37. The summed E-state index contributed by atoms with van der Waals surface area (Å²) in [6.45, 7) is 0. The molecule has 178 valence electrons. The molecule has 1 aliphatic carbocycles. The molecule has 35 heavy (non-hydrogen) atoms. The molecular weight excluding hydrogens is 483 g/mol. The first kappa shape index (κ1) is 22.9. The van der Waals surface area contributed by atoms with Gasteiger partial charge in [-0.25, -0.2) is 0 Å². The number of halogens is 4. The first-order valence-corrected chi connectivity index (χ1v) is 10.9. The van der Waals surface area contributed by atoms with E-state index in [9.17, 15) is 18.0 Å². The third-order valence-corrected chi connectivity index (χ3v) is 5.95. The van der Waals surface area contributed by atoms with Gasteiger partial charge in [0.15, 0.2) is 0 Å². The summed E-state index contributed by atoms with van der Waals surface area (Å²) in [6.07, 6.45) is -4.03. The Morgan fingerprint density at radius 1 is 1.03 bits per heavy atom. The Morgan fingerprint density at radius 3 is 2.43 bits per heavy atom. The summed E-state index contributed by atoms with van der Waals surface area (Å²) in [4.78, 5) is 12.8. The molecule has 1 aliphatic rings. The van der Waals surface area contributed by atoms with E-state index in [4.69, 9.17) is 11.6 Å². The van der Waals surface area contributed by atoms with Crippen molar-refractivity contribution in [1.82, 2.24) is 20.6 Å². The SMILES string of the molecule is O=C(Nc1ccc(-c2ccc(OC(F)(F)F)cc2)c(-c2nn[nH]n2)c1)[C@@H]1C[C@H]1c1ccc(Cl)cc1. The van der Waals surface area contributed by atoms with Gasteiger partial charge in [0, 0.05) is 22.2 Å². The van der Waals surface area contributed by atoms with E-state index in [1.165, 1.54) is 24.3 Å². The maximum Gasteiger partial charge on any atom is 0.573 e. The fourth-order valence-electron chi connectivity index (χ4n) is 3.97. The lowest BCUT2D eigenvalue weighted by Gasteiger charge is -2.12. The minimum atomic E-state index is -4.77. The standard InChI is InChI=1S/C24H17ClF3N5O2/c25-15-5-1-14(2-6-15)19-12-21(19)23(34)29-16-7-10-18(20(11-16)22-30-32-33-31-22)13-3-8-17(9-4-13)35-24(26,27)28/h1-11,19,21H,12H2,(H,29,34)(H,30,31,32,33)/t19-,21+/m0/s1. The molecule has 2 N–H and O–H groups in total. The molecule has 0 bridgehead atoms. The Labute approximate surface area is 202 Å². The Kier molecular flexibility index (Phi) is 5.89. The van der Waals surface area contributed by atoms with Crippen LogP contribution in [0.4, 0.5) is 18.9 Å². The van der Waals surface area contributed by atoms with Crippen LogP contribution in [0.2, 0.25) is 5.02 Å². The maximum atomic E-state index is 12.8. The van der Waals surface area contributed by atoms with E-state index >= 15 is 0 Å². The van der Waals surface area contributed by atoms with Gasteiger partial charge in [-0.3, -0.25) is 4.79 Å². The van der Waals surface area contributed by atoms with Crippen molar-refractivity contribution in [2.45, 2.75) is 18.7 Å². The van der Waals surface area contributed by atoms with Gasteiger partial charge in [-0.2, -0.15) is 5.21 Å². The second kappa shape index (κ2) is 9.03. The molecule has 0 radical (unpaired) electrons. The zero-order chi connectivity index (χ0) is 24.6. The number of tetrazole rings is 1. The zero-order valence-corrected chi connectivity index (χ0v) is 18.6. The van der Waals surface area contributed by atoms with Crippen molar-refractivity contribution < 1.29 is 22.7 Å². The highest BCUT2D eigenvalue weighted by atomic mass is 35.5. The van der Waals surface area contributed by atoms with Crippen LogP contribution in [-0.4, -0.2) is 32.9 Å². The van der Waals surface area contributed by atoms with Crippen LogP contribution < -0.4 is 10.1 Å². The minimum absolute atomic E-state index is 0.106. The molecule has 1 heterocycles. The monoisotopic (exact) mass is 499 g/mol. The molecule has 4 aromatic rings. The Hall–Kier alpha value is -3.92. The van der Waals surface area contributed by atoms with Crippen LogP contribution in [0, 0.1) is 5.92 Å². The van der Waals surface area contributed by atoms with Crippen LogP contribution in [0.5, 0.6) is 5.75 Å². The summed E-state index contributed by atoms with van der Waals surface area (Å²) in [6, 6.07) is 18.1. The highest BCUT2D eigenvalue weighted by Gasteiger charge is 2.43. The lowest BCUT2D eigenvalue weighted by Crippen LogP contribution is -2.16. The van der Waals surface area contributed by atoms with E-state index in [0.29, 0.717) is 27.4 Å². The van der Waals surface area contributed by atoms with Crippen LogP contribution in [0.15, 0.2) is 66.7 Å². The molecule has 1 fully saturated rings. The number of aromatic amines is 1. The largest absolute Gasteiger partial charge is 0.573 e. The molecule has 0 unspecified atom stereocenters. The van der Waals surface area contributed by atoms with Gasteiger partial charge in [0.2, 0.25) is 11.7 Å². The molecular formula is C24H17ClF3N5O2. The van der Waals surface area contributed by atoms with Crippen molar-refractivity contribution >= 4 is 23.2 Å². The van der Waals surface area contributed by atoms with Gasteiger partial charge in [-0.1, -0.05) is 41.9 Å². The molecule has 3 aromatic carbocycles. The summed E-state index contributed by atoms with van der Waals surface area (Å²) < 4.78 is 41.4. The van der Waals surface area contributed by atoms with Gasteiger partial charge in [-0.05, 0) is 70.6 Å². The van der Waals surface area contributed by atoms with E-state index in [0.717, 1.165) is 12.0 Å². The number of carbonyl (C=O) groups is 1. The average Bonchev–Trinajstić information content (AvgIpc) is 3.43. The number of alkyl halides is 3. The fraction of sp³-hybridized carbons (Fsp3) is 0.167. The van der Waals surface area contributed by atoms with E-state index in [-0.39, 0.29) is 29.3 Å². The molecule has 7 nitrogen and oxygen atoms in total. The number of hydrogen-bond donors (Lipinski definition) is 2. The maximum absolute atomic E-state index is 12.8. The van der Waals surface area contributed by atoms with Gasteiger partial charge in [-0.15, -0.1) is 23.4 Å². The predicted octanol–water partition coefficient (Wildman–Crippen LogP) is 5.83. The lowest BCUT2D eigenvalue weighted by molar-refractivity contribution is -0.274. The summed E-state index contributed by atoms with van der Waals surface area (Å²) in [5.74, 6) is -0.167. The smallest absolute Gasteiger partial charge is 0.406 e. The van der Waals surface area contributed by atoms with Crippen LogP contribution in [0.3, 0.4) is 0 Å². The third-order valence-electron chi connectivity index (χ3n) is 5.70. The van der Waals surface area contributed by atoms with Crippen LogP contribution in [0.1, 0.15) is 17.9 Å². The quantitative estimate of drug-likeness (QED) is 0.348. The van der Waals surface area contributed by atoms with Gasteiger partial charge in [0.1, 0.15) is 5.75 Å². The lowest BCUT2D eigenvalue weighted by atomic mass is 9.98. The number of rotatable bonds is 6. The molecule has 0 saturated heterocycles. The van der Waals surface area contributed by atoms with Crippen molar-refractivity contribution in [3.05, 3.63) is 77.3 Å². The minimum Gasteiger partial charge on any atom is -0.406 e. The normalized spacial score (nSPS) is 17.1. The third kappa shape index (κ3) is 5.27. The number of ether oxygens (including phenoxy) is 1. The predicted molar refractivity (Wildman–Crippen MR) is 123 cm³/mol. The highest BCUT2D eigenvalue weighted by molar-refractivity contribution is 6.30. The molecule has 0 spiro atoms. The van der Waals surface area contributed by atoms with E-state index < -0.39 is 6.36 Å². The summed E-state index contributed by atoms with van der Waals surface area (Å²) in [5, 5.41) is 17.6. The average molecular weight is 500 g/mol. The molecule has 2 atom stereocenters. The molecule has 0 aliphatic heterocycles. The van der Waals surface area contributed by atoms with E-state index in [2.05, 4.69) is 30.7 Å². The molecule has 1 aromatic heterocycles. The number of nitrogens with one attached hydrogen (secondary N) is 2. The van der Waals surface area contributed by atoms with Gasteiger partial charge in [0.25, 0.3) is 0 Å². The number of anilines is 1. The Morgan fingerprint density at radius 2 is 1.77 bits per heavy atom. The molecule has 1 amide bonds. The number of hydrogen-bond acceptors (Lipinski definition) is 5. The van der Waals surface area contributed by atoms with Gasteiger partial charge < -0.3 is 10.1 Å². The second-order valence-electron chi connectivity index (χ2n) is 8.06. The first-order chi connectivity index (χ1) is 16.8. The second-order valence-corrected chi connectivity index (χ2v) is 8.49. The number of amides is 1. The topological polar surface area (TPSA) is 92.8 Å². The first-order valence-electron chi connectivity index (χ1n) is 10.6. The molecule has 1 saturated carbocycles. The van der Waals surface area contributed by atoms with Crippen LogP contribution in [0.25, 0.3) is 22.5 Å². The summed E-state index contributed by atoms with van der Waals surface area (Å²) in [7, 11) is 0.